The highest BCUT2D eigenvalue weighted by atomic mass is 32.1. The first-order chi connectivity index (χ1) is 13.8. The molecule has 0 fully saturated rings. The molecule has 0 saturated carbocycles. The fourth-order valence-electron chi connectivity index (χ4n) is 4.18. The smallest absolute Gasteiger partial charge is 0.127 e. The molecule has 2 heterocycles. The van der Waals surface area contributed by atoms with E-state index in [9.17, 15) is 5.11 Å². The van der Waals surface area contributed by atoms with Gasteiger partial charge in [-0.15, -0.1) is 0 Å². The number of pyridine rings is 1. The van der Waals surface area contributed by atoms with Crippen LogP contribution in [0.2, 0.25) is 0 Å². The number of phenolic OH excluding ortho intramolecular Hbond substituents is 1. The van der Waals surface area contributed by atoms with Gasteiger partial charge in [-0.3, -0.25) is 4.98 Å². The highest BCUT2D eigenvalue weighted by molar-refractivity contribution is 7.80. The van der Waals surface area contributed by atoms with Crippen LogP contribution in [0.25, 0.3) is 10.8 Å². The van der Waals surface area contributed by atoms with Crippen molar-refractivity contribution in [1.29, 1.82) is 0 Å². The number of hydrogen-bond donors (Lipinski definition) is 2. The number of thiocarbonyl (C=S) groups is 1. The van der Waals surface area contributed by atoms with Crippen molar-refractivity contribution in [3.8, 4) is 11.5 Å². The molecule has 4 nitrogen and oxygen atoms in total. The Kier molecular flexibility index (Phi) is 4.95. The number of aromatic nitrogens is 1. The maximum atomic E-state index is 10.4. The average Bonchev–Trinajstić information content (AvgIpc) is 2.70. The molecule has 0 saturated heterocycles. The standard InChI is InChI=1S/C24H26N2O2S/c1-14-15(2)23-18(16(3)22(14)27)8-10-24(4,28-23)12-21(29)26-20-7-5-6-17-13-25-11-9-19(17)20/h5-7,9,11,13,27H,8,10,12H2,1-4H3,(H,26,29). The molecule has 4 rings (SSSR count). The van der Waals surface area contributed by atoms with Gasteiger partial charge in [0.2, 0.25) is 0 Å². The van der Waals surface area contributed by atoms with E-state index in [1.54, 1.807) is 6.20 Å². The lowest BCUT2D eigenvalue weighted by Gasteiger charge is -2.38. The van der Waals surface area contributed by atoms with Crippen LogP contribution >= 0.6 is 12.2 Å². The van der Waals surface area contributed by atoms with Crippen LogP contribution in [-0.2, 0) is 6.42 Å². The molecule has 5 heteroatoms. The van der Waals surface area contributed by atoms with E-state index in [1.165, 1.54) is 0 Å². The lowest BCUT2D eigenvalue weighted by atomic mass is 9.85. The minimum absolute atomic E-state index is 0.385. The van der Waals surface area contributed by atoms with E-state index in [0.29, 0.717) is 12.2 Å². The van der Waals surface area contributed by atoms with Gasteiger partial charge in [0.15, 0.2) is 0 Å². The molecule has 0 amide bonds. The van der Waals surface area contributed by atoms with Gasteiger partial charge in [0.1, 0.15) is 17.1 Å². The van der Waals surface area contributed by atoms with Gasteiger partial charge in [0.25, 0.3) is 0 Å². The summed E-state index contributed by atoms with van der Waals surface area (Å²) in [6.07, 6.45) is 6.00. The Morgan fingerprint density at radius 2 is 2.00 bits per heavy atom. The van der Waals surface area contributed by atoms with Crippen LogP contribution in [0.1, 0.15) is 42.0 Å². The Morgan fingerprint density at radius 1 is 1.21 bits per heavy atom. The largest absolute Gasteiger partial charge is 0.507 e. The van der Waals surface area contributed by atoms with E-state index in [2.05, 4.69) is 17.2 Å². The van der Waals surface area contributed by atoms with Crippen molar-refractivity contribution < 1.29 is 9.84 Å². The van der Waals surface area contributed by atoms with Gasteiger partial charge < -0.3 is 15.2 Å². The summed E-state index contributed by atoms with van der Waals surface area (Å²) in [5.74, 6) is 1.29. The van der Waals surface area contributed by atoms with Gasteiger partial charge in [-0.05, 0) is 69.4 Å². The molecule has 150 valence electrons. The van der Waals surface area contributed by atoms with E-state index < -0.39 is 0 Å². The molecule has 0 aliphatic carbocycles. The van der Waals surface area contributed by atoms with Gasteiger partial charge in [-0.1, -0.05) is 24.4 Å². The topological polar surface area (TPSA) is 54.4 Å². The van der Waals surface area contributed by atoms with Crippen LogP contribution in [0.5, 0.6) is 11.5 Å². The third-order valence-electron chi connectivity index (χ3n) is 6.08. The predicted octanol–water partition coefficient (Wildman–Crippen LogP) is 5.78. The molecule has 2 aromatic carbocycles. The normalized spacial score (nSPS) is 18.2. The molecule has 1 aliphatic heterocycles. The SMILES string of the molecule is Cc1c(C)c2c(c(C)c1O)CCC(C)(CC(=S)Nc1cccc3cnccc13)O2. The average molecular weight is 407 g/mol. The zero-order valence-electron chi connectivity index (χ0n) is 17.3. The maximum absolute atomic E-state index is 10.4. The highest BCUT2D eigenvalue weighted by Gasteiger charge is 2.35. The summed E-state index contributed by atoms with van der Waals surface area (Å²) in [5.41, 5.74) is 4.54. The third kappa shape index (κ3) is 3.55. The Morgan fingerprint density at radius 3 is 2.79 bits per heavy atom. The van der Waals surface area contributed by atoms with Crippen LogP contribution in [-0.4, -0.2) is 20.7 Å². The molecular formula is C24H26N2O2S. The quantitative estimate of drug-likeness (QED) is 0.540. The molecule has 0 radical (unpaired) electrons. The zero-order valence-corrected chi connectivity index (χ0v) is 18.1. The van der Waals surface area contributed by atoms with Crippen molar-refractivity contribution in [3.05, 3.63) is 58.9 Å². The second kappa shape index (κ2) is 7.30. The second-order valence-corrected chi connectivity index (χ2v) is 8.70. The molecule has 1 aliphatic rings. The summed E-state index contributed by atoms with van der Waals surface area (Å²) in [6, 6.07) is 8.08. The van der Waals surface area contributed by atoms with E-state index in [0.717, 1.165) is 62.3 Å². The number of fused-ring (bicyclic) bond motifs is 2. The van der Waals surface area contributed by atoms with Crippen LogP contribution in [0, 0.1) is 20.8 Å². The highest BCUT2D eigenvalue weighted by Crippen LogP contribution is 2.44. The van der Waals surface area contributed by atoms with E-state index in [-0.39, 0.29) is 5.60 Å². The zero-order chi connectivity index (χ0) is 20.8. The summed E-state index contributed by atoms with van der Waals surface area (Å²) >= 11 is 5.71. The first-order valence-electron chi connectivity index (χ1n) is 9.92. The summed E-state index contributed by atoms with van der Waals surface area (Å²) in [6.45, 7) is 8.04. The van der Waals surface area contributed by atoms with Gasteiger partial charge >= 0.3 is 0 Å². The van der Waals surface area contributed by atoms with Crippen molar-refractivity contribution in [2.24, 2.45) is 0 Å². The number of nitrogens with one attached hydrogen (secondary N) is 1. The summed E-state index contributed by atoms with van der Waals surface area (Å²) in [7, 11) is 0. The third-order valence-corrected chi connectivity index (χ3v) is 6.33. The predicted molar refractivity (Wildman–Crippen MR) is 122 cm³/mol. The molecule has 0 bridgehead atoms. The molecule has 1 aromatic heterocycles. The lowest BCUT2D eigenvalue weighted by molar-refractivity contribution is 0.0716. The number of phenols is 1. The van der Waals surface area contributed by atoms with Crippen LogP contribution < -0.4 is 10.1 Å². The Labute approximate surface area is 176 Å². The Balaban J connectivity index is 1.56. The second-order valence-electron chi connectivity index (χ2n) is 8.21. The molecule has 29 heavy (non-hydrogen) atoms. The van der Waals surface area contributed by atoms with Crippen molar-refractivity contribution >= 4 is 33.7 Å². The van der Waals surface area contributed by atoms with Crippen molar-refractivity contribution in [2.45, 2.75) is 52.6 Å². The van der Waals surface area contributed by atoms with Crippen molar-refractivity contribution in [2.75, 3.05) is 5.32 Å². The van der Waals surface area contributed by atoms with Gasteiger partial charge in [-0.25, -0.2) is 0 Å². The fraction of sp³-hybridized carbons (Fsp3) is 0.333. The van der Waals surface area contributed by atoms with E-state index in [4.69, 9.17) is 17.0 Å². The molecule has 3 aromatic rings. The summed E-state index contributed by atoms with van der Waals surface area (Å²) in [5, 5.41) is 16.0. The van der Waals surface area contributed by atoms with Crippen molar-refractivity contribution in [1.82, 2.24) is 4.98 Å². The number of anilines is 1. The van der Waals surface area contributed by atoms with Gasteiger partial charge in [0.05, 0.1) is 4.99 Å². The maximum Gasteiger partial charge on any atom is 0.127 e. The van der Waals surface area contributed by atoms with E-state index >= 15 is 0 Å². The summed E-state index contributed by atoms with van der Waals surface area (Å²) in [4.78, 5) is 4.94. The number of benzene rings is 2. The molecular weight excluding hydrogens is 380 g/mol. The number of rotatable bonds is 3. The van der Waals surface area contributed by atoms with Gasteiger partial charge in [0, 0.05) is 40.8 Å². The lowest BCUT2D eigenvalue weighted by Crippen LogP contribution is -2.40. The monoisotopic (exact) mass is 406 g/mol. The first-order valence-corrected chi connectivity index (χ1v) is 10.3. The Hall–Kier alpha value is -2.66. The number of hydrogen-bond acceptors (Lipinski definition) is 4. The van der Waals surface area contributed by atoms with E-state index in [1.807, 2.05) is 51.2 Å². The van der Waals surface area contributed by atoms with Crippen molar-refractivity contribution in [3.63, 3.8) is 0 Å². The van der Waals surface area contributed by atoms with Gasteiger partial charge in [-0.2, -0.15) is 0 Å². The first kappa shape index (κ1) is 19.6. The number of nitrogens with zero attached hydrogens (tertiary/aromatic N) is 1. The van der Waals surface area contributed by atoms with Crippen LogP contribution in [0.4, 0.5) is 5.69 Å². The molecule has 1 unspecified atom stereocenters. The van der Waals surface area contributed by atoms with Crippen LogP contribution in [0.3, 0.4) is 0 Å². The Bertz CT molecular complexity index is 1120. The molecule has 1 atom stereocenters. The molecule has 0 spiro atoms. The molecule has 2 N–H and O–H groups in total. The minimum Gasteiger partial charge on any atom is -0.507 e. The number of ether oxygens (including phenoxy) is 1. The fourth-order valence-corrected chi connectivity index (χ4v) is 4.60. The summed E-state index contributed by atoms with van der Waals surface area (Å²) < 4.78 is 6.51. The van der Waals surface area contributed by atoms with Crippen LogP contribution in [0.15, 0.2) is 36.7 Å². The number of aromatic hydroxyl groups is 1. The minimum atomic E-state index is -0.385.